The maximum absolute atomic E-state index is 12.6. The first kappa shape index (κ1) is 17.4. The van der Waals surface area contributed by atoms with Crippen LogP contribution in [0.15, 0.2) is 42.2 Å². The van der Waals surface area contributed by atoms with Crippen LogP contribution in [-0.4, -0.2) is 36.3 Å². The molecule has 2 rings (SSSR count). The number of nitrogens with zero attached hydrogens (tertiary/aromatic N) is 1. The third kappa shape index (κ3) is 5.02. The van der Waals surface area contributed by atoms with Gasteiger partial charge in [-0.2, -0.15) is 0 Å². The molecule has 1 unspecified atom stereocenters. The minimum absolute atomic E-state index is 0.0130. The van der Waals surface area contributed by atoms with Gasteiger partial charge in [-0.25, -0.2) is 4.79 Å². The summed E-state index contributed by atoms with van der Waals surface area (Å²) in [4.78, 5) is 14.4. The highest BCUT2D eigenvalue weighted by Crippen LogP contribution is 2.27. The highest BCUT2D eigenvalue weighted by atomic mass is 16.6. The maximum Gasteiger partial charge on any atom is 0.410 e. The van der Waals surface area contributed by atoms with Gasteiger partial charge in [0, 0.05) is 6.54 Å². The second kappa shape index (κ2) is 7.53. The summed E-state index contributed by atoms with van der Waals surface area (Å²) in [6.07, 6.45) is 4.18. The lowest BCUT2D eigenvalue weighted by atomic mass is 9.91. The van der Waals surface area contributed by atoms with Crippen LogP contribution in [0.25, 0.3) is 0 Å². The number of methoxy groups -OCH3 is 1. The largest absolute Gasteiger partial charge is 0.504 e. The van der Waals surface area contributed by atoms with E-state index in [4.69, 9.17) is 9.47 Å². The smallest absolute Gasteiger partial charge is 0.410 e. The van der Waals surface area contributed by atoms with Gasteiger partial charge in [0.25, 0.3) is 0 Å². The van der Waals surface area contributed by atoms with E-state index in [9.17, 15) is 4.79 Å². The predicted octanol–water partition coefficient (Wildman–Crippen LogP) is 4.16. The third-order valence-corrected chi connectivity index (χ3v) is 3.84. The molecular formula is C19H27NO3. The number of amides is 1. The molecule has 1 fully saturated rings. The summed E-state index contributed by atoms with van der Waals surface area (Å²) in [5, 5.41) is 0. The van der Waals surface area contributed by atoms with Crippen molar-refractivity contribution in [1.82, 2.24) is 4.90 Å². The molecule has 1 saturated heterocycles. The van der Waals surface area contributed by atoms with Gasteiger partial charge in [0.1, 0.15) is 5.60 Å². The van der Waals surface area contributed by atoms with Gasteiger partial charge < -0.3 is 14.4 Å². The molecule has 0 N–H and O–H groups in total. The summed E-state index contributed by atoms with van der Waals surface area (Å²) in [5.74, 6) is 0. The van der Waals surface area contributed by atoms with Crippen LogP contribution in [0.1, 0.15) is 39.2 Å². The first-order chi connectivity index (χ1) is 10.9. The van der Waals surface area contributed by atoms with Gasteiger partial charge >= 0.3 is 6.09 Å². The van der Waals surface area contributed by atoms with Crippen molar-refractivity contribution < 1.29 is 14.3 Å². The van der Waals surface area contributed by atoms with Crippen molar-refractivity contribution in [2.24, 2.45) is 0 Å². The summed E-state index contributed by atoms with van der Waals surface area (Å²) in [5.41, 5.74) is 1.86. The Hall–Kier alpha value is -1.97. The van der Waals surface area contributed by atoms with Gasteiger partial charge in [0.15, 0.2) is 0 Å². The van der Waals surface area contributed by atoms with Crippen molar-refractivity contribution in [3.63, 3.8) is 0 Å². The highest BCUT2D eigenvalue weighted by molar-refractivity contribution is 5.69. The van der Waals surface area contributed by atoms with Crippen molar-refractivity contribution in [3.8, 4) is 0 Å². The number of rotatable bonds is 3. The van der Waals surface area contributed by atoms with Crippen LogP contribution >= 0.6 is 0 Å². The Morgan fingerprint density at radius 3 is 2.61 bits per heavy atom. The second-order valence-corrected chi connectivity index (χ2v) is 6.91. The molecule has 1 aliphatic rings. The molecule has 4 heteroatoms. The number of hydrogen-bond acceptors (Lipinski definition) is 3. The van der Waals surface area contributed by atoms with E-state index in [0.29, 0.717) is 6.54 Å². The highest BCUT2D eigenvalue weighted by Gasteiger charge is 2.33. The van der Waals surface area contributed by atoms with Gasteiger partial charge in [0.05, 0.1) is 19.4 Å². The molecular weight excluding hydrogens is 290 g/mol. The Balaban J connectivity index is 2.23. The van der Waals surface area contributed by atoms with Crippen LogP contribution in [0.2, 0.25) is 0 Å². The van der Waals surface area contributed by atoms with Crippen molar-refractivity contribution in [3.05, 3.63) is 47.7 Å². The summed E-state index contributed by atoms with van der Waals surface area (Å²) in [6, 6.07) is 10.2. The number of likely N-dealkylation sites (tertiary alicyclic amines) is 1. The van der Waals surface area contributed by atoms with Gasteiger partial charge in [0.2, 0.25) is 0 Å². The molecule has 0 spiro atoms. The van der Waals surface area contributed by atoms with E-state index in [2.05, 4.69) is 12.1 Å². The number of benzene rings is 1. The van der Waals surface area contributed by atoms with Crippen molar-refractivity contribution in [1.29, 1.82) is 0 Å². The van der Waals surface area contributed by atoms with Crippen LogP contribution in [0.3, 0.4) is 0 Å². The van der Waals surface area contributed by atoms with E-state index in [-0.39, 0.29) is 12.1 Å². The quantitative estimate of drug-likeness (QED) is 0.786. The Morgan fingerprint density at radius 1 is 1.30 bits per heavy atom. The molecule has 0 saturated carbocycles. The lowest BCUT2D eigenvalue weighted by Gasteiger charge is -2.38. The molecule has 0 bridgehead atoms. The fourth-order valence-electron chi connectivity index (χ4n) is 2.88. The molecule has 0 aliphatic carbocycles. The third-order valence-electron chi connectivity index (χ3n) is 3.84. The van der Waals surface area contributed by atoms with Crippen LogP contribution in [0.4, 0.5) is 4.79 Å². The van der Waals surface area contributed by atoms with Gasteiger partial charge in [-0.15, -0.1) is 0 Å². The topological polar surface area (TPSA) is 38.8 Å². The fraction of sp³-hybridized carbons (Fsp3) is 0.526. The standard InChI is InChI=1S/C19H27NO3/c1-19(2,3)23-18(21)20-12-8-11-16(14-22-4)17(20)13-15-9-6-5-7-10-15/h5-7,9-10,14,17H,8,11-13H2,1-4H3/b16-14+. The lowest BCUT2D eigenvalue weighted by Crippen LogP contribution is -2.48. The number of carbonyl (C=O) groups excluding carboxylic acids is 1. The molecule has 4 nitrogen and oxygen atoms in total. The first-order valence-electron chi connectivity index (χ1n) is 8.16. The summed E-state index contributed by atoms with van der Waals surface area (Å²) in [7, 11) is 1.65. The number of hydrogen-bond donors (Lipinski definition) is 0. The molecule has 0 radical (unpaired) electrons. The zero-order valence-corrected chi connectivity index (χ0v) is 14.5. The zero-order chi connectivity index (χ0) is 16.9. The van der Waals surface area contributed by atoms with Crippen molar-refractivity contribution >= 4 is 6.09 Å². The summed E-state index contributed by atoms with van der Waals surface area (Å²) >= 11 is 0. The van der Waals surface area contributed by atoms with E-state index in [0.717, 1.165) is 24.8 Å². The van der Waals surface area contributed by atoms with E-state index < -0.39 is 5.60 Å². The van der Waals surface area contributed by atoms with Crippen LogP contribution in [0, 0.1) is 0 Å². The maximum atomic E-state index is 12.6. The van der Waals surface area contributed by atoms with E-state index in [1.807, 2.05) is 43.9 Å². The molecule has 1 atom stereocenters. The molecule has 1 amide bonds. The normalized spacial score (nSPS) is 20.4. The second-order valence-electron chi connectivity index (χ2n) is 6.91. The molecule has 1 aliphatic heterocycles. The SMILES string of the molecule is CO/C=C1\CCCN(C(=O)OC(C)(C)C)C1Cc1ccccc1. The van der Waals surface area contributed by atoms with Crippen LogP contribution < -0.4 is 0 Å². The number of ether oxygens (including phenoxy) is 2. The number of piperidine rings is 1. The Bertz CT molecular complexity index is 545. The van der Waals surface area contributed by atoms with Crippen molar-refractivity contribution in [2.45, 2.75) is 51.7 Å². The fourth-order valence-corrected chi connectivity index (χ4v) is 2.88. The van der Waals surface area contributed by atoms with Gasteiger partial charge in [-0.05, 0) is 51.2 Å². The number of carbonyl (C=O) groups is 1. The van der Waals surface area contributed by atoms with E-state index in [1.54, 1.807) is 13.4 Å². The average Bonchev–Trinajstić information content (AvgIpc) is 2.48. The summed E-state index contributed by atoms with van der Waals surface area (Å²) in [6.45, 7) is 6.40. The van der Waals surface area contributed by atoms with Gasteiger partial charge in [-0.1, -0.05) is 30.3 Å². The van der Waals surface area contributed by atoms with Crippen molar-refractivity contribution in [2.75, 3.05) is 13.7 Å². The van der Waals surface area contributed by atoms with Crippen LogP contribution in [-0.2, 0) is 15.9 Å². The molecule has 1 aromatic rings. The van der Waals surface area contributed by atoms with Gasteiger partial charge in [-0.3, -0.25) is 0 Å². The minimum atomic E-state index is -0.489. The average molecular weight is 317 g/mol. The predicted molar refractivity (Wildman–Crippen MR) is 91.2 cm³/mol. The first-order valence-corrected chi connectivity index (χ1v) is 8.16. The molecule has 23 heavy (non-hydrogen) atoms. The molecule has 1 heterocycles. The minimum Gasteiger partial charge on any atom is -0.504 e. The van der Waals surface area contributed by atoms with E-state index in [1.165, 1.54) is 5.56 Å². The molecule has 0 aromatic heterocycles. The van der Waals surface area contributed by atoms with Crippen LogP contribution in [0.5, 0.6) is 0 Å². The lowest BCUT2D eigenvalue weighted by molar-refractivity contribution is 0.0155. The Labute approximate surface area is 139 Å². The Kier molecular flexibility index (Phi) is 5.69. The summed E-state index contributed by atoms with van der Waals surface area (Å²) < 4.78 is 10.8. The molecule has 1 aromatic carbocycles. The monoisotopic (exact) mass is 317 g/mol. The zero-order valence-electron chi connectivity index (χ0n) is 14.5. The Morgan fingerprint density at radius 2 is 2.00 bits per heavy atom. The van der Waals surface area contributed by atoms with E-state index >= 15 is 0 Å². The molecule has 126 valence electrons.